The van der Waals surface area contributed by atoms with Crippen molar-refractivity contribution < 1.29 is 23.8 Å². The molecule has 30 heavy (non-hydrogen) atoms. The fourth-order valence-corrected chi connectivity index (χ4v) is 4.51. The molecule has 1 aliphatic heterocycles. The zero-order chi connectivity index (χ0) is 21.3. The number of esters is 1. The highest BCUT2D eigenvalue weighted by molar-refractivity contribution is 5.89. The third-order valence-electron chi connectivity index (χ3n) is 6.13. The molecule has 8 heteroatoms. The Morgan fingerprint density at radius 1 is 1.20 bits per heavy atom. The minimum atomic E-state index is -0.604. The molecule has 0 spiro atoms. The number of hydrogen-bond donors (Lipinski definition) is 1. The topological polar surface area (TPSA) is 84.8 Å². The molecule has 1 saturated carbocycles. The zero-order valence-corrected chi connectivity index (χ0v) is 17.1. The number of nitrogens with zero attached hydrogens (tertiary/aromatic N) is 3. The molecule has 1 aliphatic carbocycles. The number of carbonyl (C=O) groups excluding carboxylic acids is 1. The first-order chi connectivity index (χ1) is 14.5. The predicted octanol–water partition coefficient (Wildman–Crippen LogP) is 2.62. The first-order valence-corrected chi connectivity index (χ1v) is 10.3. The fourth-order valence-electron chi connectivity index (χ4n) is 4.51. The van der Waals surface area contributed by atoms with Crippen molar-refractivity contribution in [1.29, 1.82) is 0 Å². The van der Waals surface area contributed by atoms with Crippen LogP contribution in [0.3, 0.4) is 0 Å². The molecule has 160 valence electrons. The lowest BCUT2D eigenvalue weighted by Gasteiger charge is -2.35. The third kappa shape index (κ3) is 3.96. The van der Waals surface area contributed by atoms with Crippen molar-refractivity contribution in [3.63, 3.8) is 0 Å². The Morgan fingerprint density at radius 3 is 2.57 bits per heavy atom. The number of fused-ring (bicyclic) bond motifs is 1. The maximum atomic E-state index is 14.7. The number of aliphatic hydroxyl groups is 1. The van der Waals surface area contributed by atoms with Crippen molar-refractivity contribution in [1.82, 2.24) is 9.97 Å². The molecule has 2 heterocycles. The number of halogens is 1. The molecule has 0 radical (unpaired) electrons. The second-order valence-electron chi connectivity index (χ2n) is 7.95. The first-order valence-electron chi connectivity index (χ1n) is 10.3. The van der Waals surface area contributed by atoms with Crippen LogP contribution in [0.4, 0.5) is 10.2 Å². The number of hydrogen-bond acceptors (Lipinski definition) is 7. The van der Waals surface area contributed by atoms with Gasteiger partial charge in [0.25, 0.3) is 0 Å². The minimum absolute atomic E-state index is 0.265. The summed E-state index contributed by atoms with van der Waals surface area (Å²) >= 11 is 0. The van der Waals surface area contributed by atoms with Gasteiger partial charge >= 0.3 is 5.97 Å². The standard InChI is InChI=1S/C22H26FN3O4/c1-3-17-20(23)21(25-12-24-17)26-10-14-8-18(27)19(9-15(14)11-26)30-16-6-4-13(5-7-16)22(28)29-2/h4-7,12,14-15,18-19,27H,3,8-11H2,1-2H3/t14-,15+,18+,19+/m0/s1. The number of rotatable bonds is 5. The van der Waals surface area contributed by atoms with Gasteiger partial charge in [-0.1, -0.05) is 6.92 Å². The van der Waals surface area contributed by atoms with Crippen LogP contribution in [0, 0.1) is 17.7 Å². The van der Waals surface area contributed by atoms with Gasteiger partial charge in [0, 0.05) is 13.1 Å². The Balaban J connectivity index is 1.43. The second kappa shape index (κ2) is 8.55. The molecular weight excluding hydrogens is 389 g/mol. The Labute approximate surface area is 174 Å². The number of aliphatic hydroxyl groups excluding tert-OH is 1. The third-order valence-corrected chi connectivity index (χ3v) is 6.13. The molecule has 2 fully saturated rings. The van der Waals surface area contributed by atoms with Crippen LogP contribution in [-0.4, -0.2) is 53.5 Å². The number of aromatic nitrogens is 2. The summed E-state index contributed by atoms with van der Waals surface area (Å²) < 4.78 is 25.4. The van der Waals surface area contributed by atoms with Crippen LogP contribution < -0.4 is 9.64 Å². The summed E-state index contributed by atoms with van der Waals surface area (Å²) in [4.78, 5) is 21.7. The largest absolute Gasteiger partial charge is 0.488 e. The average molecular weight is 415 g/mol. The van der Waals surface area contributed by atoms with Crippen molar-refractivity contribution in [2.45, 2.75) is 38.4 Å². The smallest absolute Gasteiger partial charge is 0.337 e. The second-order valence-corrected chi connectivity index (χ2v) is 7.95. The molecule has 1 aromatic carbocycles. The quantitative estimate of drug-likeness (QED) is 0.752. The summed E-state index contributed by atoms with van der Waals surface area (Å²) in [5.74, 6) is 0.734. The maximum Gasteiger partial charge on any atom is 0.337 e. The number of ether oxygens (including phenoxy) is 2. The summed E-state index contributed by atoms with van der Waals surface area (Å²) in [5, 5.41) is 10.6. The van der Waals surface area contributed by atoms with Gasteiger partial charge < -0.3 is 19.5 Å². The van der Waals surface area contributed by atoms with Gasteiger partial charge in [0.2, 0.25) is 0 Å². The number of aryl methyl sites for hydroxylation is 1. The van der Waals surface area contributed by atoms with Gasteiger partial charge in [-0.15, -0.1) is 0 Å². The van der Waals surface area contributed by atoms with Gasteiger partial charge in [0.05, 0.1) is 24.5 Å². The maximum absolute atomic E-state index is 14.7. The van der Waals surface area contributed by atoms with Crippen LogP contribution >= 0.6 is 0 Å². The molecule has 1 aromatic heterocycles. The van der Waals surface area contributed by atoms with Crippen molar-refractivity contribution in [2.75, 3.05) is 25.1 Å². The van der Waals surface area contributed by atoms with E-state index in [9.17, 15) is 14.3 Å². The molecule has 7 nitrogen and oxygen atoms in total. The van der Waals surface area contributed by atoms with Crippen LogP contribution in [0.25, 0.3) is 0 Å². The lowest BCUT2D eigenvalue weighted by molar-refractivity contribution is -0.0231. The van der Waals surface area contributed by atoms with E-state index in [2.05, 4.69) is 9.97 Å². The Morgan fingerprint density at radius 2 is 1.90 bits per heavy atom. The molecule has 0 amide bonds. The van der Waals surface area contributed by atoms with E-state index in [0.29, 0.717) is 55.2 Å². The van der Waals surface area contributed by atoms with Crippen LogP contribution in [-0.2, 0) is 11.2 Å². The van der Waals surface area contributed by atoms with Gasteiger partial charge in [-0.2, -0.15) is 0 Å². The van der Waals surface area contributed by atoms with Gasteiger partial charge in [-0.25, -0.2) is 19.2 Å². The van der Waals surface area contributed by atoms with E-state index in [1.54, 1.807) is 24.3 Å². The van der Waals surface area contributed by atoms with E-state index in [4.69, 9.17) is 9.47 Å². The molecule has 1 saturated heterocycles. The fraction of sp³-hybridized carbons (Fsp3) is 0.500. The summed E-state index contributed by atoms with van der Waals surface area (Å²) in [7, 11) is 1.34. The summed E-state index contributed by atoms with van der Waals surface area (Å²) in [6.45, 7) is 3.21. The van der Waals surface area contributed by atoms with E-state index < -0.39 is 12.1 Å². The molecule has 2 aliphatic rings. The number of anilines is 1. The van der Waals surface area contributed by atoms with Gasteiger partial charge in [0.15, 0.2) is 11.6 Å². The molecular formula is C22H26FN3O4. The Kier molecular flexibility index (Phi) is 5.85. The van der Waals surface area contributed by atoms with E-state index in [1.807, 2.05) is 11.8 Å². The average Bonchev–Trinajstić information content (AvgIpc) is 3.16. The molecule has 4 atom stereocenters. The number of carbonyl (C=O) groups is 1. The predicted molar refractivity (Wildman–Crippen MR) is 108 cm³/mol. The lowest BCUT2D eigenvalue weighted by Crippen LogP contribution is -2.42. The van der Waals surface area contributed by atoms with Crippen LogP contribution in [0.5, 0.6) is 5.75 Å². The SMILES string of the molecule is CCc1ncnc(N2C[C@H]3C[C@@H](Oc4ccc(C(=O)OC)cc4)[C@H](O)C[C@H]3C2)c1F. The molecule has 1 N–H and O–H groups in total. The highest BCUT2D eigenvalue weighted by atomic mass is 19.1. The van der Waals surface area contributed by atoms with Gasteiger partial charge in [-0.3, -0.25) is 0 Å². The minimum Gasteiger partial charge on any atom is -0.488 e. The first kappa shape index (κ1) is 20.5. The van der Waals surface area contributed by atoms with Gasteiger partial charge in [0.1, 0.15) is 18.2 Å². The summed E-state index contributed by atoms with van der Waals surface area (Å²) in [6.07, 6.45) is 2.25. The molecule has 0 unspecified atom stereocenters. The van der Waals surface area contributed by atoms with E-state index >= 15 is 0 Å². The van der Waals surface area contributed by atoms with Crippen molar-refractivity contribution in [2.24, 2.45) is 11.8 Å². The Hall–Kier alpha value is -2.74. The van der Waals surface area contributed by atoms with Gasteiger partial charge in [-0.05, 0) is 55.4 Å². The van der Waals surface area contributed by atoms with E-state index in [1.165, 1.54) is 13.4 Å². The molecule has 4 rings (SSSR count). The van der Waals surface area contributed by atoms with E-state index in [-0.39, 0.29) is 23.8 Å². The van der Waals surface area contributed by atoms with Crippen molar-refractivity contribution >= 4 is 11.8 Å². The zero-order valence-electron chi connectivity index (χ0n) is 17.1. The van der Waals surface area contributed by atoms with Crippen LogP contribution in [0.1, 0.15) is 35.8 Å². The van der Waals surface area contributed by atoms with Crippen LogP contribution in [0.2, 0.25) is 0 Å². The highest BCUT2D eigenvalue weighted by Gasteiger charge is 2.43. The monoisotopic (exact) mass is 415 g/mol. The molecule has 0 bridgehead atoms. The number of methoxy groups -OCH3 is 1. The molecule has 2 aromatic rings. The summed E-state index contributed by atoms with van der Waals surface area (Å²) in [5.41, 5.74) is 0.866. The van der Waals surface area contributed by atoms with E-state index in [0.717, 1.165) is 0 Å². The van der Waals surface area contributed by atoms with Crippen LogP contribution in [0.15, 0.2) is 30.6 Å². The summed E-state index contributed by atoms with van der Waals surface area (Å²) in [6, 6.07) is 6.68. The number of benzene rings is 1. The lowest BCUT2D eigenvalue weighted by atomic mass is 9.78. The Bertz CT molecular complexity index is 908. The normalized spacial score (nSPS) is 25.7. The highest BCUT2D eigenvalue weighted by Crippen LogP contribution is 2.39. The van der Waals surface area contributed by atoms with Crippen molar-refractivity contribution in [3.8, 4) is 5.75 Å². The van der Waals surface area contributed by atoms with Crippen molar-refractivity contribution in [3.05, 3.63) is 47.7 Å².